The first-order valence-corrected chi connectivity index (χ1v) is 9.03. The Bertz CT molecular complexity index is 750. The molecule has 126 valence electrons. The van der Waals surface area contributed by atoms with Gasteiger partial charge in [0.25, 0.3) is 0 Å². The van der Waals surface area contributed by atoms with Gasteiger partial charge < -0.3 is 15.6 Å². The van der Waals surface area contributed by atoms with Gasteiger partial charge in [0.1, 0.15) is 12.6 Å². The van der Waals surface area contributed by atoms with Gasteiger partial charge in [-0.3, -0.25) is 9.59 Å². The van der Waals surface area contributed by atoms with Crippen molar-refractivity contribution in [1.29, 1.82) is 5.26 Å². The van der Waals surface area contributed by atoms with Crippen molar-refractivity contribution in [2.75, 3.05) is 18.6 Å². The summed E-state index contributed by atoms with van der Waals surface area (Å²) in [5.74, 6) is -0.0337. The fourth-order valence-electron chi connectivity index (χ4n) is 2.45. The second kappa shape index (κ2) is 8.99. The highest BCUT2D eigenvalue weighted by Gasteiger charge is 2.19. The van der Waals surface area contributed by atoms with E-state index in [1.165, 1.54) is 11.8 Å². The monoisotopic (exact) mass is 344 g/mol. The van der Waals surface area contributed by atoms with Crippen LogP contribution in [0.5, 0.6) is 0 Å². The van der Waals surface area contributed by atoms with Gasteiger partial charge in [-0.1, -0.05) is 18.2 Å². The molecule has 1 heterocycles. The smallest absolute Gasteiger partial charge is 0.244 e. The van der Waals surface area contributed by atoms with E-state index in [1.807, 2.05) is 42.8 Å². The highest BCUT2D eigenvalue weighted by atomic mass is 32.2. The molecule has 6 nitrogen and oxygen atoms in total. The third-order valence-corrected chi connectivity index (χ3v) is 4.29. The summed E-state index contributed by atoms with van der Waals surface area (Å²) in [5, 5.41) is 14.9. The Balaban J connectivity index is 1.91. The lowest BCUT2D eigenvalue weighted by Gasteiger charge is -2.16. The van der Waals surface area contributed by atoms with Gasteiger partial charge in [0.05, 0.1) is 6.07 Å². The van der Waals surface area contributed by atoms with Crippen LogP contribution in [0.2, 0.25) is 0 Å². The number of aryl methyl sites for hydroxylation is 1. The van der Waals surface area contributed by atoms with Gasteiger partial charge in [-0.2, -0.15) is 17.0 Å². The number of nitriles is 1. The predicted octanol–water partition coefficient (Wildman–Crippen LogP) is 1.59. The highest BCUT2D eigenvalue weighted by Crippen LogP contribution is 2.18. The van der Waals surface area contributed by atoms with Gasteiger partial charge in [-0.25, -0.2) is 0 Å². The Morgan fingerprint density at radius 1 is 1.38 bits per heavy atom. The molecule has 0 spiro atoms. The number of benzene rings is 1. The molecule has 2 rings (SSSR count). The molecule has 2 aromatic rings. The molecule has 3 N–H and O–H groups in total. The summed E-state index contributed by atoms with van der Waals surface area (Å²) in [4.78, 5) is 27.3. The van der Waals surface area contributed by atoms with Crippen LogP contribution >= 0.6 is 11.8 Å². The molecule has 0 aliphatic heterocycles. The molecule has 0 aliphatic carbocycles. The summed E-state index contributed by atoms with van der Waals surface area (Å²) < 4.78 is 0. The van der Waals surface area contributed by atoms with Gasteiger partial charge in [0.2, 0.25) is 11.8 Å². The number of nitrogens with zero attached hydrogens (tertiary/aromatic N) is 1. The molecule has 1 atom stereocenters. The quantitative estimate of drug-likeness (QED) is 0.633. The molecule has 1 aromatic heterocycles. The minimum Gasteiger partial charge on any atom is -0.361 e. The number of rotatable bonds is 8. The highest BCUT2D eigenvalue weighted by molar-refractivity contribution is 7.98. The second-order valence-electron chi connectivity index (χ2n) is 5.31. The number of hydrogen-bond acceptors (Lipinski definition) is 4. The third kappa shape index (κ3) is 4.77. The molecule has 0 bridgehead atoms. The van der Waals surface area contributed by atoms with Gasteiger partial charge in [-0.15, -0.1) is 0 Å². The van der Waals surface area contributed by atoms with E-state index in [0.717, 1.165) is 16.5 Å². The fourth-order valence-corrected chi connectivity index (χ4v) is 3.02. The number of thioether (sulfide) groups is 1. The number of hydrogen-bond donors (Lipinski definition) is 3. The van der Waals surface area contributed by atoms with Crippen LogP contribution in [0.3, 0.4) is 0 Å². The van der Waals surface area contributed by atoms with Gasteiger partial charge in [0, 0.05) is 29.3 Å². The van der Waals surface area contributed by atoms with Crippen molar-refractivity contribution in [3.8, 4) is 6.07 Å². The summed E-state index contributed by atoms with van der Waals surface area (Å²) in [6, 6.07) is 9.17. The summed E-state index contributed by atoms with van der Waals surface area (Å²) in [7, 11) is 0. The van der Waals surface area contributed by atoms with Gasteiger partial charge >= 0.3 is 0 Å². The third-order valence-electron chi connectivity index (χ3n) is 3.62. The van der Waals surface area contributed by atoms with Crippen molar-refractivity contribution >= 4 is 34.5 Å². The zero-order valence-electron chi connectivity index (χ0n) is 13.5. The van der Waals surface area contributed by atoms with Crippen LogP contribution in [0.15, 0.2) is 30.5 Å². The maximum atomic E-state index is 12.2. The average molecular weight is 344 g/mol. The maximum Gasteiger partial charge on any atom is 0.244 e. The molecule has 0 fully saturated rings. The molecule has 1 aromatic carbocycles. The number of para-hydroxylation sites is 1. The average Bonchev–Trinajstić information content (AvgIpc) is 3.00. The molecule has 1 unspecified atom stereocenters. The molecule has 0 radical (unpaired) electrons. The molecule has 0 saturated heterocycles. The Morgan fingerprint density at radius 2 is 2.17 bits per heavy atom. The summed E-state index contributed by atoms with van der Waals surface area (Å²) >= 11 is 1.47. The zero-order chi connectivity index (χ0) is 17.4. The fraction of sp³-hybridized carbons (Fsp3) is 0.353. The summed E-state index contributed by atoms with van der Waals surface area (Å²) in [5.41, 5.74) is 2.13. The van der Waals surface area contributed by atoms with Crippen LogP contribution < -0.4 is 10.6 Å². The topological polar surface area (TPSA) is 97.8 Å². The molecule has 2 amide bonds. The Labute approximate surface area is 145 Å². The van der Waals surface area contributed by atoms with Gasteiger partial charge in [-0.05, 0) is 24.3 Å². The number of nitrogens with one attached hydrogen (secondary N) is 3. The van der Waals surface area contributed by atoms with E-state index in [-0.39, 0.29) is 18.4 Å². The van der Waals surface area contributed by atoms with Crippen molar-refractivity contribution in [2.24, 2.45) is 0 Å². The van der Waals surface area contributed by atoms with Crippen LogP contribution in [0, 0.1) is 11.3 Å². The van der Waals surface area contributed by atoms with Crippen LogP contribution in [-0.4, -0.2) is 41.4 Å². The number of aromatic amines is 1. The van der Waals surface area contributed by atoms with Crippen LogP contribution in [0.1, 0.15) is 12.0 Å². The van der Waals surface area contributed by atoms with Gasteiger partial charge in [0.15, 0.2) is 0 Å². The summed E-state index contributed by atoms with van der Waals surface area (Å²) in [6.45, 7) is -0.0606. The van der Waals surface area contributed by atoms with E-state index in [4.69, 9.17) is 5.26 Å². The zero-order valence-corrected chi connectivity index (χ0v) is 14.3. The first kappa shape index (κ1) is 17.9. The number of amides is 2. The standard InChI is InChI=1S/C17H20N4O2S/c1-24-11-15(17(23)19-9-8-18)21-16(22)7-6-12-10-20-14-5-3-2-4-13(12)14/h2-5,10,15,20H,6-7,9,11H2,1H3,(H,19,23)(H,21,22). The number of carbonyl (C=O) groups excluding carboxylic acids is 2. The lowest BCUT2D eigenvalue weighted by atomic mass is 10.1. The first-order valence-electron chi connectivity index (χ1n) is 7.63. The van der Waals surface area contributed by atoms with Crippen molar-refractivity contribution in [3.63, 3.8) is 0 Å². The Kier molecular flexibility index (Phi) is 6.70. The van der Waals surface area contributed by atoms with Crippen LogP contribution in [-0.2, 0) is 16.0 Å². The molecule has 0 aliphatic rings. The number of H-pyrrole nitrogens is 1. The number of fused-ring (bicyclic) bond motifs is 1. The first-order chi connectivity index (χ1) is 11.7. The minimum atomic E-state index is -0.621. The van der Waals surface area contributed by atoms with E-state index >= 15 is 0 Å². The predicted molar refractivity (Wildman–Crippen MR) is 95.6 cm³/mol. The van der Waals surface area contributed by atoms with E-state index < -0.39 is 6.04 Å². The molecule has 7 heteroatoms. The van der Waals surface area contributed by atoms with Crippen LogP contribution in [0.4, 0.5) is 0 Å². The van der Waals surface area contributed by atoms with Crippen molar-refractivity contribution < 1.29 is 9.59 Å². The normalized spacial score (nSPS) is 11.7. The SMILES string of the molecule is CSCC(NC(=O)CCc1c[nH]c2ccccc12)C(=O)NCC#N. The maximum absolute atomic E-state index is 12.2. The van der Waals surface area contributed by atoms with Crippen LogP contribution in [0.25, 0.3) is 10.9 Å². The second-order valence-corrected chi connectivity index (χ2v) is 6.22. The summed E-state index contributed by atoms with van der Waals surface area (Å²) in [6.07, 6.45) is 4.68. The number of carbonyl (C=O) groups is 2. The largest absolute Gasteiger partial charge is 0.361 e. The van der Waals surface area contributed by atoms with E-state index in [9.17, 15) is 9.59 Å². The van der Waals surface area contributed by atoms with Crippen molar-refractivity contribution in [3.05, 3.63) is 36.0 Å². The molecule has 0 saturated carbocycles. The Morgan fingerprint density at radius 3 is 2.92 bits per heavy atom. The van der Waals surface area contributed by atoms with Crippen molar-refractivity contribution in [1.82, 2.24) is 15.6 Å². The Hall–Kier alpha value is -2.46. The number of aromatic nitrogens is 1. The van der Waals surface area contributed by atoms with E-state index in [2.05, 4.69) is 15.6 Å². The molecular formula is C17H20N4O2S. The molecular weight excluding hydrogens is 324 g/mol. The lowest BCUT2D eigenvalue weighted by Crippen LogP contribution is -2.48. The molecule has 24 heavy (non-hydrogen) atoms. The van der Waals surface area contributed by atoms with Crippen molar-refractivity contribution in [2.45, 2.75) is 18.9 Å². The van der Waals surface area contributed by atoms with E-state index in [1.54, 1.807) is 0 Å². The lowest BCUT2D eigenvalue weighted by molar-refractivity contribution is -0.128. The van der Waals surface area contributed by atoms with E-state index in [0.29, 0.717) is 18.6 Å². The minimum absolute atomic E-state index is 0.0606.